The number of benzene rings is 2. The molecular formula is C19H20N2O2. The first kappa shape index (κ1) is 15.2. The highest BCUT2D eigenvalue weighted by Crippen LogP contribution is 2.28. The molecule has 1 N–H and O–H groups in total. The van der Waals surface area contributed by atoms with Crippen LogP contribution in [0.2, 0.25) is 0 Å². The predicted octanol–water partition coefficient (Wildman–Crippen LogP) is 3.25. The first-order valence-electron chi connectivity index (χ1n) is 7.74. The molecule has 1 aliphatic heterocycles. The predicted molar refractivity (Wildman–Crippen MR) is 93.1 cm³/mol. The van der Waals surface area contributed by atoms with E-state index < -0.39 is 0 Å². The second-order valence-electron chi connectivity index (χ2n) is 5.37. The van der Waals surface area contributed by atoms with E-state index in [0.717, 1.165) is 30.1 Å². The molecule has 0 spiro atoms. The summed E-state index contributed by atoms with van der Waals surface area (Å²) >= 11 is 0. The molecule has 118 valence electrons. The Hall–Kier alpha value is -2.75. The van der Waals surface area contributed by atoms with Gasteiger partial charge in [-0.3, -0.25) is 4.79 Å². The Morgan fingerprint density at radius 2 is 2.00 bits per heavy atom. The van der Waals surface area contributed by atoms with Gasteiger partial charge in [-0.1, -0.05) is 43.0 Å². The number of amides is 1. The van der Waals surface area contributed by atoms with Gasteiger partial charge in [-0.25, -0.2) is 0 Å². The van der Waals surface area contributed by atoms with Crippen molar-refractivity contribution in [1.29, 1.82) is 0 Å². The van der Waals surface area contributed by atoms with Crippen LogP contribution in [0.4, 0.5) is 11.4 Å². The van der Waals surface area contributed by atoms with E-state index in [1.54, 1.807) is 6.08 Å². The molecule has 0 saturated carbocycles. The van der Waals surface area contributed by atoms with Crippen LogP contribution in [-0.2, 0) is 11.2 Å². The van der Waals surface area contributed by atoms with Crippen molar-refractivity contribution in [1.82, 2.24) is 0 Å². The maximum Gasteiger partial charge on any atom is 0.246 e. The summed E-state index contributed by atoms with van der Waals surface area (Å²) in [5, 5.41) is 3.18. The highest BCUT2D eigenvalue weighted by Gasteiger charge is 2.23. The molecule has 0 aliphatic carbocycles. The lowest BCUT2D eigenvalue weighted by atomic mass is 10.2. The van der Waals surface area contributed by atoms with Crippen LogP contribution in [0, 0.1) is 0 Å². The number of rotatable bonds is 6. The van der Waals surface area contributed by atoms with Crippen molar-refractivity contribution >= 4 is 17.3 Å². The average molecular weight is 308 g/mol. The lowest BCUT2D eigenvalue weighted by Crippen LogP contribution is -2.34. The summed E-state index contributed by atoms with van der Waals surface area (Å²) in [4.78, 5) is 14.4. The Morgan fingerprint density at radius 1 is 1.22 bits per heavy atom. The maximum absolute atomic E-state index is 12.5. The van der Waals surface area contributed by atoms with Crippen molar-refractivity contribution in [3.63, 3.8) is 0 Å². The van der Waals surface area contributed by atoms with E-state index in [0.29, 0.717) is 6.61 Å². The van der Waals surface area contributed by atoms with Gasteiger partial charge in [0, 0.05) is 12.2 Å². The maximum atomic E-state index is 12.5. The molecule has 0 radical (unpaired) electrons. The smallest absolute Gasteiger partial charge is 0.246 e. The molecule has 1 heterocycles. The number of nitrogens with one attached hydrogen (secondary N) is 1. The van der Waals surface area contributed by atoms with Crippen molar-refractivity contribution < 1.29 is 9.53 Å². The molecule has 0 unspecified atom stereocenters. The fraction of sp³-hybridized carbons (Fsp3) is 0.211. The number of anilines is 2. The lowest BCUT2D eigenvalue weighted by molar-refractivity contribution is -0.116. The van der Waals surface area contributed by atoms with Gasteiger partial charge in [-0.15, -0.1) is 0 Å². The van der Waals surface area contributed by atoms with Crippen molar-refractivity contribution in [3.05, 3.63) is 66.7 Å². The molecular weight excluding hydrogens is 288 g/mol. The summed E-state index contributed by atoms with van der Waals surface area (Å²) in [6.07, 6.45) is 2.62. The van der Waals surface area contributed by atoms with Gasteiger partial charge in [0.25, 0.3) is 0 Å². The fourth-order valence-corrected chi connectivity index (χ4v) is 2.75. The molecule has 0 aromatic heterocycles. The number of ether oxygens (including phenoxy) is 1. The first-order chi connectivity index (χ1) is 11.3. The van der Waals surface area contributed by atoms with Crippen molar-refractivity contribution in [2.24, 2.45) is 0 Å². The van der Waals surface area contributed by atoms with E-state index in [9.17, 15) is 4.79 Å². The van der Waals surface area contributed by atoms with Crippen molar-refractivity contribution in [3.8, 4) is 5.75 Å². The van der Waals surface area contributed by atoms with Crippen molar-refractivity contribution in [2.45, 2.75) is 6.42 Å². The third-order valence-electron chi connectivity index (χ3n) is 3.86. The Morgan fingerprint density at radius 3 is 2.87 bits per heavy atom. The normalized spacial score (nSPS) is 12.6. The number of hydrogen-bond acceptors (Lipinski definition) is 3. The minimum atomic E-state index is 0.0634. The molecule has 1 amide bonds. The van der Waals surface area contributed by atoms with Gasteiger partial charge in [0.2, 0.25) is 5.91 Å². The van der Waals surface area contributed by atoms with Gasteiger partial charge in [-0.05, 0) is 30.2 Å². The number of fused-ring (bicyclic) bond motifs is 1. The van der Waals surface area contributed by atoms with Crippen LogP contribution < -0.4 is 15.0 Å². The minimum absolute atomic E-state index is 0.0634. The largest absolute Gasteiger partial charge is 0.487 e. The second kappa shape index (κ2) is 7.01. The van der Waals surface area contributed by atoms with E-state index in [4.69, 9.17) is 4.74 Å². The van der Waals surface area contributed by atoms with Crippen LogP contribution in [0.25, 0.3) is 0 Å². The summed E-state index contributed by atoms with van der Waals surface area (Å²) in [5.74, 6) is 0.787. The molecule has 1 aliphatic rings. The Bertz CT molecular complexity index is 712. The molecule has 3 rings (SSSR count). The highest BCUT2D eigenvalue weighted by atomic mass is 16.5. The summed E-state index contributed by atoms with van der Waals surface area (Å²) in [5.41, 5.74) is 3.07. The molecule has 2 aromatic carbocycles. The van der Waals surface area contributed by atoms with Crippen LogP contribution in [0.15, 0.2) is 61.2 Å². The standard InChI is InChI=1S/C19H20N2O2/c1-2-13-23-18-10-6-4-8-16(18)20-14-19(22)21-12-11-15-7-3-5-9-17(15)21/h2-10,20H,1,11-14H2. The topological polar surface area (TPSA) is 41.6 Å². The monoisotopic (exact) mass is 308 g/mol. The zero-order valence-corrected chi connectivity index (χ0v) is 13.0. The van der Waals surface area contributed by atoms with Crippen LogP contribution in [0.3, 0.4) is 0 Å². The van der Waals surface area contributed by atoms with E-state index >= 15 is 0 Å². The number of carbonyl (C=O) groups is 1. The molecule has 2 aromatic rings. The van der Waals surface area contributed by atoms with Gasteiger partial charge in [-0.2, -0.15) is 0 Å². The molecule has 4 nitrogen and oxygen atoms in total. The van der Waals surface area contributed by atoms with E-state index in [1.165, 1.54) is 5.56 Å². The zero-order valence-electron chi connectivity index (χ0n) is 13.0. The lowest BCUT2D eigenvalue weighted by Gasteiger charge is -2.18. The first-order valence-corrected chi connectivity index (χ1v) is 7.74. The number of nitrogens with zero attached hydrogens (tertiary/aromatic N) is 1. The Kier molecular flexibility index (Phi) is 4.62. The summed E-state index contributed by atoms with van der Waals surface area (Å²) < 4.78 is 5.59. The van der Waals surface area contributed by atoms with Crippen LogP contribution in [-0.4, -0.2) is 25.6 Å². The summed E-state index contributed by atoms with van der Waals surface area (Å²) in [6, 6.07) is 15.7. The van der Waals surface area contributed by atoms with Crippen LogP contribution in [0.1, 0.15) is 5.56 Å². The third-order valence-corrected chi connectivity index (χ3v) is 3.86. The molecule has 0 saturated heterocycles. The Labute approximate surface area is 136 Å². The van der Waals surface area contributed by atoms with Gasteiger partial charge in [0.05, 0.1) is 12.2 Å². The van der Waals surface area contributed by atoms with Gasteiger partial charge < -0.3 is 15.0 Å². The molecule has 0 fully saturated rings. The summed E-state index contributed by atoms with van der Waals surface area (Å²) in [6.45, 7) is 5.07. The zero-order chi connectivity index (χ0) is 16.1. The third kappa shape index (κ3) is 3.37. The van der Waals surface area contributed by atoms with E-state index in [2.05, 4.69) is 18.0 Å². The highest BCUT2D eigenvalue weighted by molar-refractivity contribution is 5.98. The molecule has 0 atom stereocenters. The summed E-state index contributed by atoms with van der Waals surface area (Å²) in [7, 11) is 0. The minimum Gasteiger partial charge on any atom is -0.487 e. The second-order valence-corrected chi connectivity index (χ2v) is 5.37. The SMILES string of the molecule is C=CCOc1ccccc1NCC(=O)N1CCc2ccccc21. The number of hydrogen-bond donors (Lipinski definition) is 1. The van der Waals surface area contributed by atoms with Crippen LogP contribution in [0.5, 0.6) is 5.75 Å². The van der Waals surface area contributed by atoms with E-state index in [1.807, 2.05) is 47.4 Å². The molecule has 4 heteroatoms. The fourth-order valence-electron chi connectivity index (χ4n) is 2.75. The number of carbonyl (C=O) groups excluding carboxylic acids is 1. The van der Waals surface area contributed by atoms with Gasteiger partial charge in [0.15, 0.2) is 0 Å². The van der Waals surface area contributed by atoms with Crippen LogP contribution >= 0.6 is 0 Å². The number of para-hydroxylation sites is 3. The van der Waals surface area contributed by atoms with E-state index in [-0.39, 0.29) is 12.5 Å². The average Bonchev–Trinajstić information content (AvgIpc) is 3.02. The van der Waals surface area contributed by atoms with Crippen molar-refractivity contribution in [2.75, 3.05) is 29.9 Å². The van der Waals surface area contributed by atoms with Gasteiger partial charge in [0.1, 0.15) is 12.4 Å². The quantitative estimate of drug-likeness (QED) is 0.833. The molecule has 23 heavy (non-hydrogen) atoms. The Balaban J connectivity index is 1.65. The van der Waals surface area contributed by atoms with Gasteiger partial charge >= 0.3 is 0 Å². The molecule has 0 bridgehead atoms.